The molecule has 8 heteroatoms. The Morgan fingerprint density at radius 3 is 2.75 bits per heavy atom. The number of aromatic nitrogens is 3. The van der Waals surface area contributed by atoms with Crippen LogP contribution in [0.2, 0.25) is 5.02 Å². The molecule has 0 saturated heterocycles. The van der Waals surface area contributed by atoms with Gasteiger partial charge in [0, 0.05) is 0 Å². The minimum Gasteiger partial charge on any atom is -0.336 e. The molecule has 20 heavy (non-hydrogen) atoms. The maximum Gasteiger partial charge on any atom is 0.237 e. The Kier molecular flexibility index (Phi) is 4.51. The highest BCUT2D eigenvalue weighted by molar-refractivity contribution is 8.00. The van der Waals surface area contributed by atoms with Crippen molar-refractivity contribution < 1.29 is 4.79 Å². The van der Waals surface area contributed by atoms with Crippen LogP contribution in [0.5, 0.6) is 0 Å². The van der Waals surface area contributed by atoms with Gasteiger partial charge in [0.1, 0.15) is 5.82 Å². The molecule has 1 atom stereocenters. The maximum absolute atomic E-state index is 12.1. The molecule has 2 aromatic rings. The molecule has 0 bridgehead atoms. The number of nitrogen functional groups attached to an aromatic ring is 1. The quantitative estimate of drug-likeness (QED) is 0.667. The Labute approximate surface area is 125 Å². The van der Waals surface area contributed by atoms with Gasteiger partial charge in [0.05, 0.1) is 16.0 Å². The molecule has 0 aliphatic rings. The van der Waals surface area contributed by atoms with E-state index in [0.29, 0.717) is 21.7 Å². The van der Waals surface area contributed by atoms with Crippen LogP contribution in [0, 0.1) is 6.92 Å². The molecule has 0 aliphatic carbocycles. The predicted octanol–water partition coefficient (Wildman–Crippen LogP) is 2.07. The van der Waals surface area contributed by atoms with Gasteiger partial charge < -0.3 is 11.2 Å². The van der Waals surface area contributed by atoms with E-state index in [4.69, 9.17) is 17.4 Å². The highest BCUT2D eigenvalue weighted by atomic mass is 35.5. The number of nitrogens with two attached hydrogens (primary N) is 1. The second-order valence-electron chi connectivity index (χ2n) is 4.13. The van der Waals surface area contributed by atoms with Crippen molar-refractivity contribution >= 4 is 35.0 Å². The number of carbonyl (C=O) groups is 1. The summed E-state index contributed by atoms with van der Waals surface area (Å²) in [4.78, 5) is 12.1. The highest BCUT2D eigenvalue weighted by Gasteiger charge is 2.19. The number of rotatable bonds is 4. The molecular weight excluding hydrogens is 298 g/mol. The first-order chi connectivity index (χ1) is 9.49. The molecule has 106 valence electrons. The van der Waals surface area contributed by atoms with Gasteiger partial charge in [-0.15, -0.1) is 10.2 Å². The summed E-state index contributed by atoms with van der Waals surface area (Å²) in [5.74, 6) is 6.16. The zero-order valence-electron chi connectivity index (χ0n) is 11.0. The lowest BCUT2D eigenvalue weighted by Gasteiger charge is -2.12. The molecule has 1 heterocycles. The number of nitrogens with one attached hydrogen (secondary N) is 1. The number of carbonyl (C=O) groups excluding carboxylic acids is 1. The molecule has 3 N–H and O–H groups in total. The first kappa shape index (κ1) is 14.7. The Morgan fingerprint density at radius 2 is 2.15 bits per heavy atom. The first-order valence-electron chi connectivity index (χ1n) is 5.88. The Bertz CT molecular complexity index is 630. The summed E-state index contributed by atoms with van der Waals surface area (Å²) in [5.41, 5.74) is 0.581. The normalized spacial score (nSPS) is 12.2. The summed E-state index contributed by atoms with van der Waals surface area (Å²) in [6.45, 7) is 3.51. The largest absolute Gasteiger partial charge is 0.336 e. The number of amides is 1. The summed E-state index contributed by atoms with van der Waals surface area (Å²) >= 11 is 7.23. The number of thioether (sulfide) groups is 1. The van der Waals surface area contributed by atoms with E-state index in [0.717, 1.165) is 0 Å². The van der Waals surface area contributed by atoms with E-state index in [1.165, 1.54) is 16.4 Å². The van der Waals surface area contributed by atoms with E-state index in [-0.39, 0.29) is 11.2 Å². The van der Waals surface area contributed by atoms with Gasteiger partial charge >= 0.3 is 0 Å². The third kappa shape index (κ3) is 3.23. The van der Waals surface area contributed by atoms with E-state index in [9.17, 15) is 4.79 Å². The molecule has 0 radical (unpaired) electrons. The second kappa shape index (κ2) is 6.15. The molecule has 0 fully saturated rings. The third-order valence-electron chi connectivity index (χ3n) is 2.62. The molecule has 6 nitrogen and oxygen atoms in total. The molecule has 0 spiro atoms. The van der Waals surface area contributed by atoms with Crippen molar-refractivity contribution in [3.8, 4) is 0 Å². The Balaban J connectivity index is 2.03. The van der Waals surface area contributed by atoms with Crippen molar-refractivity contribution in [2.24, 2.45) is 0 Å². The molecule has 0 unspecified atom stereocenters. The molecule has 1 amide bonds. The van der Waals surface area contributed by atoms with Gasteiger partial charge in [-0.2, -0.15) is 0 Å². The van der Waals surface area contributed by atoms with Crippen molar-refractivity contribution in [3.05, 3.63) is 35.1 Å². The molecule has 0 saturated carbocycles. The summed E-state index contributed by atoms with van der Waals surface area (Å²) in [6, 6.07) is 7.07. The standard InChI is InChI=1S/C12H14ClN5OS/c1-7(20-12-17-16-8(2)18(12)14)11(19)15-10-6-4-3-5-9(10)13/h3-7H,14H2,1-2H3,(H,15,19)/t7-/m0/s1. The number of anilines is 1. The smallest absolute Gasteiger partial charge is 0.237 e. The van der Waals surface area contributed by atoms with Gasteiger partial charge in [-0.05, 0) is 26.0 Å². The second-order valence-corrected chi connectivity index (χ2v) is 5.84. The first-order valence-corrected chi connectivity index (χ1v) is 7.14. The van der Waals surface area contributed by atoms with Crippen LogP contribution in [0.4, 0.5) is 5.69 Å². The van der Waals surface area contributed by atoms with E-state index in [2.05, 4.69) is 15.5 Å². The fraction of sp³-hybridized carbons (Fsp3) is 0.250. The molecule has 1 aromatic heterocycles. The zero-order chi connectivity index (χ0) is 14.7. The van der Waals surface area contributed by atoms with Crippen LogP contribution in [-0.2, 0) is 4.79 Å². The summed E-state index contributed by atoms with van der Waals surface area (Å²) in [7, 11) is 0. The van der Waals surface area contributed by atoms with Crippen molar-refractivity contribution in [1.82, 2.24) is 14.9 Å². The summed E-state index contributed by atoms with van der Waals surface area (Å²) in [6.07, 6.45) is 0. The molecular formula is C12H14ClN5OS. The van der Waals surface area contributed by atoms with Gasteiger partial charge in [0.25, 0.3) is 0 Å². The van der Waals surface area contributed by atoms with Crippen LogP contribution >= 0.6 is 23.4 Å². The Hall–Kier alpha value is -1.73. The van der Waals surface area contributed by atoms with E-state index >= 15 is 0 Å². The lowest BCUT2D eigenvalue weighted by atomic mass is 10.3. The average molecular weight is 312 g/mol. The number of halogens is 1. The van der Waals surface area contributed by atoms with Crippen molar-refractivity contribution in [2.75, 3.05) is 11.2 Å². The number of benzene rings is 1. The number of aryl methyl sites for hydroxylation is 1. The third-order valence-corrected chi connectivity index (χ3v) is 4.00. The monoisotopic (exact) mass is 311 g/mol. The fourth-order valence-corrected chi connectivity index (χ4v) is 2.44. The van der Waals surface area contributed by atoms with Crippen LogP contribution in [-0.4, -0.2) is 26.0 Å². The SMILES string of the molecule is Cc1nnc(S[C@@H](C)C(=O)Nc2ccccc2Cl)n1N. The molecule has 1 aromatic carbocycles. The molecule has 0 aliphatic heterocycles. The lowest BCUT2D eigenvalue weighted by molar-refractivity contribution is -0.115. The van der Waals surface area contributed by atoms with E-state index in [1.54, 1.807) is 38.1 Å². The van der Waals surface area contributed by atoms with Crippen molar-refractivity contribution in [1.29, 1.82) is 0 Å². The minimum absolute atomic E-state index is 0.177. The van der Waals surface area contributed by atoms with Gasteiger partial charge in [0.15, 0.2) is 0 Å². The highest BCUT2D eigenvalue weighted by Crippen LogP contribution is 2.24. The van der Waals surface area contributed by atoms with E-state index < -0.39 is 0 Å². The Morgan fingerprint density at radius 1 is 1.45 bits per heavy atom. The zero-order valence-corrected chi connectivity index (χ0v) is 12.6. The average Bonchev–Trinajstić information content (AvgIpc) is 2.73. The molecule has 2 rings (SSSR count). The van der Waals surface area contributed by atoms with Gasteiger partial charge in [-0.3, -0.25) is 4.79 Å². The number of nitrogens with zero attached hydrogens (tertiary/aromatic N) is 3. The van der Waals surface area contributed by atoms with Crippen LogP contribution in [0.25, 0.3) is 0 Å². The van der Waals surface area contributed by atoms with Gasteiger partial charge in [-0.1, -0.05) is 35.5 Å². The van der Waals surface area contributed by atoms with Gasteiger partial charge in [-0.25, -0.2) is 4.68 Å². The van der Waals surface area contributed by atoms with Crippen molar-refractivity contribution in [2.45, 2.75) is 24.3 Å². The van der Waals surface area contributed by atoms with Crippen LogP contribution < -0.4 is 11.2 Å². The topological polar surface area (TPSA) is 85.8 Å². The number of hydrogen-bond donors (Lipinski definition) is 2. The predicted molar refractivity (Wildman–Crippen MR) is 80.3 cm³/mol. The van der Waals surface area contributed by atoms with Crippen molar-refractivity contribution in [3.63, 3.8) is 0 Å². The summed E-state index contributed by atoms with van der Waals surface area (Å²) in [5, 5.41) is 11.1. The number of hydrogen-bond acceptors (Lipinski definition) is 5. The maximum atomic E-state index is 12.1. The van der Waals surface area contributed by atoms with Gasteiger partial charge in [0.2, 0.25) is 11.1 Å². The van der Waals surface area contributed by atoms with E-state index in [1.807, 2.05) is 0 Å². The summed E-state index contributed by atoms with van der Waals surface area (Å²) < 4.78 is 1.35. The van der Waals surface area contributed by atoms with Crippen LogP contribution in [0.1, 0.15) is 12.7 Å². The lowest BCUT2D eigenvalue weighted by Crippen LogP contribution is -2.23. The number of para-hydroxylation sites is 1. The minimum atomic E-state index is -0.378. The fourth-order valence-electron chi connectivity index (χ4n) is 1.44. The van der Waals surface area contributed by atoms with Crippen LogP contribution in [0.3, 0.4) is 0 Å². The van der Waals surface area contributed by atoms with Crippen LogP contribution in [0.15, 0.2) is 29.4 Å².